The molecule has 1 aromatic carbocycles. The molecule has 1 fully saturated rings. The average molecular weight is 319 g/mol. The first-order valence-corrected chi connectivity index (χ1v) is 7.28. The zero-order chi connectivity index (χ0) is 15.5. The van der Waals surface area contributed by atoms with Gasteiger partial charge >= 0.3 is 5.97 Å². The summed E-state index contributed by atoms with van der Waals surface area (Å²) in [7, 11) is 1.35. The van der Waals surface area contributed by atoms with Crippen LogP contribution in [0.5, 0.6) is 0 Å². The Morgan fingerprint density at radius 3 is 2.68 bits per heavy atom. The second-order valence-corrected chi connectivity index (χ2v) is 5.41. The number of carbonyl (C=O) groups excluding carboxylic acids is 1. The first-order chi connectivity index (χ1) is 10.7. The molecule has 1 aliphatic rings. The van der Waals surface area contributed by atoms with Gasteiger partial charge in [0, 0.05) is 11.7 Å². The van der Waals surface area contributed by atoms with Crippen molar-refractivity contribution >= 4 is 35.0 Å². The van der Waals surface area contributed by atoms with Gasteiger partial charge in [0.15, 0.2) is 5.82 Å². The number of hydrogen-bond acceptors (Lipinski definition) is 6. The minimum Gasteiger partial charge on any atom is -0.465 e. The molecule has 0 saturated heterocycles. The second-order valence-electron chi connectivity index (χ2n) is 5.00. The molecule has 0 amide bonds. The van der Waals surface area contributed by atoms with Crippen molar-refractivity contribution in [1.82, 2.24) is 9.97 Å². The number of anilines is 3. The van der Waals surface area contributed by atoms with Gasteiger partial charge in [-0.15, -0.1) is 0 Å². The third-order valence-corrected chi connectivity index (χ3v) is 3.50. The maximum absolute atomic E-state index is 11.4. The Bertz CT molecular complexity index is 686. The van der Waals surface area contributed by atoms with Gasteiger partial charge in [0.1, 0.15) is 5.02 Å². The maximum Gasteiger partial charge on any atom is 0.337 e. The lowest BCUT2D eigenvalue weighted by atomic mass is 10.2. The number of rotatable bonds is 5. The van der Waals surface area contributed by atoms with Crippen molar-refractivity contribution in [2.75, 3.05) is 17.7 Å². The molecule has 1 heterocycles. The zero-order valence-electron chi connectivity index (χ0n) is 12.0. The molecule has 0 bridgehead atoms. The molecule has 1 aliphatic carbocycles. The van der Waals surface area contributed by atoms with E-state index in [-0.39, 0.29) is 5.97 Å². The van der Waals surface area contributed by atoms with Crippen LogP contribution in [0.1, 0.15) is 23.2 Å². The van der Waals surface area contributed by atoms with Crippen molar-refractivity contribution in [3.8, 4) is 0 Å². The molecule has 0 aliphatic heterocycles. The summed E-state index contributed by atoms with van der Waals surface area (Å²) in [5.41, 5.74) is 1.26. The van der Waals surface area contributed by atoms with Crippen LogP contribution in [0.25, 0.3) is 0 Å². The second kappa shape index (κ2) is 6.19. The van der Waals surface area contributed by atoms with E-state index in [0.29, 0.717) is 28.4 Å². The molecule has 2 N–H and O–H groups in total. The predicted octanol–water partition coefficient (Wildman–Crippen LogP) is 3.23. The van der Waals surface area contributed by atoms with Crippen LogP contribution in [0.2, 0.25) is 5.02 Å². The van der Waals surface area contributed by atoms with Crippen molar-refractivity contribution in [1.29, 1.82) is 0 Å². The fourth-order valence-electron chi connectivity index (χ4n) is 1.89. The third kappa shape index (κ3) is 3.46. The van der Waals surface area contributed by atoms with Crippen molar-refractivity contribution in [2.24, 2.45) is 0 Å². The molecule has 0 unspecified atom stereocenters. The SMILES string of the molecule is COC(=O)c1ccc(Nc2ncc(Cl)c(NC3CC3)n2)cc1. The van der Waals surface area contributed by atoms with Crippen LogP contribution < -0.4 is 10.6 Å². The summed E-state index contributed by atoms with van der Waals surface area (Å²) in [4.78, 5) is 19.9. The molecule has 1 saturated carbocycles. The maximum atomic E-state index is 11.4. The zero-order valence-corrected chi connectivity index (χ0v) is 12.7. The summed E-state index contributed by atoms with van der Waals surface area (Å²) >= 11 is 6.08. The van der Waals surface area contributed by atoms with Gasteiger partial charge in [0.05, 0.1) is 18.9 Å². The van der Waals surface area contributed by atoms with E-state index in [1.165, 1.54) is 7.11 Å². The van der Waals surface area contributed by atoms with Gasteiger partial charge in [-0.05, 0) is 37.1 Å². The summed E-state index contributed by atoms with van der Waals surface area (Å²) in [5.74, 6) is 0.705. The Morgan fingerprint density at radius 1 is 1.32 bits per heavy atom. The van der Waals surface area contributed by atoms with E-state index in [1.54, 1.807) is 30.5 Å². The van der Waals surface area contributed by atoms with Crippen LogP contribution in [-0.2, 0) is 4.74 Å². The Hall–Kier alpha value is -2.34. The van der Waals surface area contributed by atoms with E-state index >= 15 is 0 Å². The molecule has 7 heteroatoms. The topological polar surface area (TPSA) is 76.1 Å². The lowest BCUT2D eigenvalue weighted by molar-refractivity contribution is 0.0601. The summed E-state index contributed by atoms with van der Waals surface area (Å²) in [6, 6.07) is 7.33. The lowest BCUT2D eigenvalue weighted by Crippen LogP contribution is -2.06. The Morgan fingerprint density at radius 2 is 2.05 bits per heavy atom. The number of nitrogens with zero attached hydrogens (tertiary/aromatic N) is 2. The quantitative estimate of drug-likeness (QED) is 0.824. The molecule has 22 heavy (non-hydrogen) atoms. The van der Waals surface area contributed by atoms with E-state index in [2.05, 4.69) is 25.3 Å². The fraction of sp³-hybridized carbons (Fsp3) is 0.267. The van der Waals surface area contributed by atoms with Crippen LogP contribution >= 0.6 is 11.6 Å². The van der Waals surface area contributed by atoms with Gasteiger partial charge in [0.2, 0.25) is 5.95 Å². The minimum atomic E-state index is -0.370. The third-order valence-electron chi connectivity index (χ3n) is 3.22. The van der Waals surface area contributed by atoms with Gasteiger partial charge in [-0.3, -0.25) is 0 Å². The number of aromatic nitrogens is 2. The van der Waals surface area contributed by atoms with Crippen molar-refractivity contribution in [3.63, 3.8) is 0 Å². The summed E-state index contributed by atoms with van der Waals surface area (Å²) in [6.07, 6.45) is 3.83. The van der Waals surface area contributed by atoms with Gasteiger partial charge in [-0.1, -0.05) is 11.6 Å². The lowest BCUT2D eigenvalue weighted by Gasteiger charge is -2.09. The number of esters is 1. The summed E-state index contributed by atoms with van der Waals surface area (Å²) in [5, 5.41) is 6.83. The smallest absolute Gasteiger partial charge is 0.337 e. The van der Waals surface area contributed by atoms with E-state index in [1.807, 2.05) is 0 Å². The highest BCUT2D eigenvalue weighted by Crippen LogP contribution is 2.28. The van der Waals surface area contributed by atoms with Crippen molar-refractivity contribution in [2.45, 2.75) is 18.9 Å². The van der Waals surface area contributed by atoms with Gasteiger partial charge in [0.25, 0.3) is 0 Å². The number of benzene rings is 1. The highest BCUT2D eigenvalue weighted by molar-refractivity contribution is 6.32. The summed E-state index contributed by atoms with van der Waals surface area (Å²) < 4.78 is 4.66. The first kappa shape index (κ1) is 14.6. The number of methoxy groups -OCH3 is 1. The summed E-state index contributed by atoms with van der Waals surface area (Å²) in [6.45, 7) is 0. The Balaban J connectivity index is 1.73. The molecule has 2 aromatic rings. The van der Waals surface area contributed by atoms with Crippen LogP contribution in [0, 0.1) is 0 Å². The van der Waals surface area contributed by atoms with E-state index in [4.69, 9.17) is 11.6 Å². The highest BCUT2D eigenvalue weighted by atomic mass is 35.5. The number of nitrogens with one attached hydrogen (secondary N) is 2. The Kier molecular flexibility index (Phi) is 4.11. The van der Waals surface area contributed by atoms with Gasteiger partial charge in [-0.25, -0.2) is 9.78 Å². The normalized spacial score (nSPS) is 13.5. The molecule has 0 spiro atoms. The molecule has 3 rings (SSSR count). The molecular formula is C15H15ClN4O2. The molecule has 114 valence electrons. The largest absolute Gasteiger partial charge is 0.465 e. The molecule has 0 radical (unpaired) electrons. The van der Waals surface area contributed by atoms with Gasteiger partial charge in [-0.2, -0.15) is 4.98 Å². The standard InChI is InChI=1S/C15H15ClN4O2/c1-22-14(21)9-2-4-11(5-3-9)19-15-17-8-12(16)13(20-15)18-10-6-7-10/h2-5,8,10H,6-7H2,1H3,(H2,17,18,19,20). The molecular weight excluding hydrogens is 304 g/mol. The van der Waals surface area contributed by atoms with Crippen molar-refractivity contribution in [3.05, 3.63) is 41.0 Å². The van der Waals surface area contributed by atoms with E-state index < -0.39 is 0 Å². The highest BCUT2D eigenvalue weighted by Gasteiger charge is 2.22. The van der Waals surface area contributed by atoms with Crippen LogP contribution in [-0.4, -0.2) is 29.1 Å². The van der Waals surface area contributed by atoms with E-state index in [9.17, 15) is 4.79 Å². The van der Waals surface area contributed by atoms with Crippen LogP contribution in [0.4, 0.5) is 17.5 Å². The van der Waals surface area contributed by atoms with Crippen LogP contribution in [0.3, 0.4) is 0 Å². The number of halogens is 1. The first-order valence-electron chi connectivity index (χ1n) is 6.90. The Labute approximate surface area is 132 Å². The monoisotopic (exact) mass is 318 g/mol. The minimum absolute atomic E-state index is 0.370. The predicted molar refractivity (Wildman–Crippen MR) is 84.8 cm³/mol. The number of hydrogen-bond donors (Lipinski definition) is 2. The average Bonchev–Trinajstić information content (AvgIpc) is 3.35. The fourth-order valence-corrected chi connectivity index (χ4v) is 2.03. The van der Waals surface area contributed by atoms with Crippen LogP contribution in [0.15, 0.2) is 30.5 Å². The van der Waals surface area contributed by atoms with Gasteiger partial charge < -0.3 is 15.4 Å². The number of ether oxygens (including phenoxy) is 1. The van der Waals surface area contributed by atoms with Crippen molar-refractivity contribution < 1.29 is 9.53 Å². The number of carbonyl (C=O) groups is 1. The van der Waals surface area contributed by atoms with E-state index in [0.717, 1.165) is 18.5 Å². The molecule has 1 aromatic heterocycles. The molecule has 6 nitrogen and oxygen atoms in total. The molecule has 0 atom stereocenters.